The van der Waals surface area contributed by atoms with Gasteiger partial charge in [-0.2, -0.15) is 0 Å². The standard InChI is InChI=1S/C21H21FN4O4/c1-12-9-13(27)3-4-17(12)26-11-15(21(29)30)18(28)14-10-16(22)20(23-19(14)26)25-7-5-24(2)6-8-25/h3-4,9-11,27H,5-8H2,1-2H3,(H,29,30). The molecule has 9 heteroatoms. The highest BCUT2D eigenvalue weighted by atomic mass is 19.1. The van der Waals surface area contributed by atoms with Crippen molar-refractivity contribution < 1.29 is 19.4 Å². The molecular formula is C21H21FN4O4. The summed E-state index contributed by atoms with van der Waals surface area (Å²) in [6.45, 7) is 4.41. The summed E-state index contributed by atoms with van der Waals surface area (Å²) < 4.78 is 16.4. The lowest BCUT2D eigenvalue weighted by molar-refractivity contribution is 0.0695. The molecule has 0 atom stereocenters. The Labute approximate surface area is 171 Å². The predicted octanol–water partition coefficient (Wildman–Crippen LogP) is 1.99. The molecule has 0 spiro atoms. The average Bonchev–Trinajstić information content (AvgIpc) is 2.69. The normalized spacial score (nSPS) is 15.0. The van der Waals surface area contributed by atoms with Crippen LogP contribution in [0.25, 0.3) is 16.7 Å². The molecule has 0 radical (unpaired) electrons. The second-order valence-corrected chi connectivity index (χ2v) is 7.47. The second kappa shape index (κ2) is 7.42. The number of aromatic hydroxyl groups is 1. The molecule has 2 aromatic heterocycles. The molecular weight excluding hydrogens is 391 g/mol. The molecule has 1 fully saturated rings. The number of carbonyl (C=O) groups is 1. The highest BCUT2D eigenvalue weighted by Gasteiger charge is 2.23. The van der Waals surface area contributed by atoms with Crippen LogP contribution in [0, 0.1) is 12.7 Å². The maximum Gasteiger partial charge on any atom is 0.341 e. The number of carboxylic acids is 1. The maximum absolute atomic E-state index is 14.9. The summed E-state index contributed by atoms with van der Waals surface area (Å²) in [6.07, 6.45) is 1.20. The van der Waals surface area contributed by atoms with Crippen molar-refractivity contribution >= 4 is 22.8 Å². The molecule has 0 amide bonds. The largest absolute Gasteiger partial charge is 0.508 e. The van der Waals surface area contributed by atoms with Gasteiger partial charge in [-0.05, 0) is 43.8 Å². The van der Waals surface area contributed by atoms with Crippen LogP contribution in [0.2, 0.25) is 0 Å². The van der Waals surface area contributed by atoms with Gasteiger partial charge in [-0.15, -0.1) is 0 Å². The zero-order valence-electron chi connectivity index (χ0n) is 16.6. The number of pyridine rings is 2. The topological polar surface area (TPSA) is 98.9 Å². The van der Waals surface area contributed by atoms with Crippen molar-refractivity contribution in [1.29, 1.82) is 0 Å². The van der Waals surface area contributed by atoms with E-state index < -0.39 is 22.8 Å². The van der Waals surface area contributed by atoms with Gasteiger partial charge in [-0.1, -0.05) is 0 Å². The lowest BCUT2D eigenvalue weighted by Gasteiger charge is -2.33. The number of aromatic carboxylic acids is 1. The van der Waals surface area contributed by atoms with Crippen LogP contribution in [0.15, 0.2) is 35.3 Å². The number of hydrogen-bond donors (Lipinski definition) is 2. The summed E-state index contributed by atoms with van der Waals surface area (Å²) in [7, 11) is 1.99. The molecule has 1 aromatic carbocycles. The number of piperazine rings is 1. The van der Waals surface area contributed by atoms with Crippen molar-refractivity contribution in [3.63, 3.8) is 0 Å². The molecule has 0 saturated carbocycles. The van der Waals surface area contributed by atoms with E-state index in [0.717, 1.165) is 19.2 Å². The Kier molecular flexibility index (Phi) is 4.90. The van der Waals surface area contributed by atoms with E-state index in [-0.39, 0.29) is 22.6 Å². The molecule has 8 nitrogen and oxygen atoms in total. The fourth-order valence-electron chi connectivity index (χ4n) is 3.70. The first-order valence-electron chi connectivity index (χ1n) is 9.49. The number of likely N-dealkylation sites (N-methyl/N-ethyl adjacent to an activating group) is 1. The third kappa shape index (κ3) is 3.37. The monoisotopic (exact) mass is 412 g/mol. The quantitative estimate of drug-likeness (QED) is 0.679. The molecule has 1 aliphatic heterocycles. The van der Waals surface area contributed by atoms with Gasteiger partial charge < -0.3 is 20.0 Å². The number of nitrogens with zero attached hydrogens (tertiary/aromatic N) is 4. The highest BCUT2D eigenvalue weighted by Crippen LogP contribution is 2.26. The number of hydrogen-bond acceptors (Lipinski definition) is 6. The van der Waals surface area contributed by atoms with Crippen molar-refractivity contribution in [2.45, 2.75) is 6.92 Å². The average molecular weight is 412 g/mol. The number of phenolic OH excluding ortho intramolecular Hbond substituents is 1. The first-order chi connectivity index (χ1) is 14.3. The van der Waals surface area contributed by atoms with Crippen LogP contribution < -0.4 is 10.3 Å². The fourth-order valence-corrected chi connectivity index (χ4v) is 3.70. The smallest absolute Gasteiger partial charge is 0.341 e. The van der Waals surface area contributed by atoms with Gasteiger partial charge in [0.1, 0.15) is 11.3 Å². The molecule has 30 heavy (non-hydrogen) atoms. The molecule has 0 bridgehead atoms. The lowest BCUT2D eigenvalue weighted by Crippen LogP contribution is -2.45. The third-order valence-corrected chi connectivity index (χ3v) is 5.39. The highest BCUT2D eigenvalue weighted by molar-refractivity contribution is 5.92. The number of halogens is 1. The van der Waals surface area contributed by atoms with E-state index in [0.29, 0.717) is 24.3 Å². The van der Waals surface area contributed by atoms with Gasteiger partial charge in [0, 0.05) is 32.4 Å². The van der Waals surface area contributed by atoms with Crippen molar-refractivity contribution in [1.82, 2.24) is 14.5 Å². The van der Waals surface area contributed by atoms with Crippen LogP contribution >= 0.6 is 0 Å². The van der Waals surface area contributed by atoms with Gasteiger partial charge in [0.05, 0.1) is 11.1 Å². The van der Waals surface area contributed by atoms with E-state index in [9.17, 15) is 24.2 Å². The van der Waals surface area contributed by atoms with Crippen LogP contribution in [-0.4, -0.2) is 63.9 Å². The number of rotatable bonds is 3. The Morgan fingerprint density at radius 1 is 1.17 bits per heavy atom. The summed E-state index contributed by atoms with van der Waals surface area (Å²) in [4.78, 5) is 32.8. The van der Waals surface area contributed by atoms with Crippen LogP contribution in [0.5, 0.6) is 5.75 Å². The van der Waals surface area contributed by atoms with Gasteiger partial charge >= 0.3 is 5.97 Å². The number of phenols is 1. The minimum Gasteiger partial charge on any atom is -0.508 e. The number of aromatic nitrogens is 2. The number of carboxylic acid groups (broad SMARTS) is 1. The lowest BCUT2D eigenvalue weighted by atomic mass is 10.1. The summed E-state index contributed by atoms with van der Waals surface area (Å²) in [5.74, 6) is -1.89. The Morgan fingerprint density at radius 3 is 2.50 bits per heavy atom. The summed E-state index contributed by atoms with van der Waals surface area (Å²) in [5.41, 5.74) is 0.0615. The van der Waals surface area contributed by atoms with Crippen LogP contribution in [0.1, 0.15) is 15.9 Å². The predicted molar refractivity (Wildman–Crippen MR) is 110 cm³/mol. The number of aryl methyl sites for hydroxylation is 1. The van der Waals surface area contributed by atoms with E-state index in [1.807, 2.05) is 11.9 Å². The summed E-state index contributed by atoms with van der Waals surface area (Å²) in [6, 6.07) is 5.64. The SMILES string of the molecule is Cc1cc(O)ccc1-n1cc(C(=O)O)c(=O)c2cc(F)c(N3CCN(C)CC3)nc21. The summed E-state index contributed by atoms with van der Waals surface area (Å²) >= 11 is 0. The van der Waals surface area contributed by atoms with Crippen molar-refractivity contribution in [2.24, 2.45) is 0 Å². The Balaban J connectivity index is 2.01. The molecule has 1 aliphatic rings. The third-order valence-electron chi connectivity index (χ3n) is 5.39. The van der Waals surface area contributed by atoms with E-state index in [4.69, 9.17) is 0 Å². The van der Waals surface area contributed by atoms with E-state index in [2.05, 4.69) is 9.88 Å². The van der Waals surface area contributed by atoms with E-state index >= 15 is 0 Å². The van der Waals surface area contributed by atoms with E-state index in [1.54, 1.807) is 13.0 Å². The van der Waals surface area contributed by atoms with Gasteiger partial charge in [0.2, 0.25) is 5.43 Å². The van der Waals surface area contributed by atoms with Crippen molar-refractivity contribution in [2.75, 3.05) is 38.1 Å². The minimum atomic E-state index is -1.41. The van der Waals surface area contributed by atoms with Gasteiger partial charge in [0.15, 0.2) is 17.3 Å². The molecule has 2 N–H and O–H groups in total. The zero-order chi connectivity index (χ0) is 21.6. The number of fused-ring (bicyclic) bond motifs is 1. The first kappa shape index (κ1) is 19.8. The number of anilines is 1. The minimum absolute atomic E-state index is 0.0530. The fraction of sp³-hybridized carbons (Fsp3) is 0.286. The van der Waals surface area contributed by atoms with Crippen LogP contribution in [0.3, 0.4) is 0 Å². The van der Waals surface area contributed by atoms with Gasteiger partial charge in [0.25, 0.3) is 0 Å². The Morgan fingerprint density at radius 2 is 1.87 bits per heavy atom. The molecule has 4 rings (SSSR count). The second-order valence-electron chi connectivity index (χ2n) is 7.47. The maximum atomic E-state index is 14.9. The van der Waals surface area contributed by atoms with Crippen molar-refractivity contribution in [3.8, 4) is 11.4 Å². The molecule has 1 saturated heterocycles. The number of benzene rings is 1. The molecule has 0 aliphatic carbocycles. The van der Waals surface area contributed by atoms with Crippen molar-refractivity contribution in [3.05, 3.63) is 57.6 Å². The molecule has 0 unspecified atom stereocenters. The van der Waals surface area contributed by atoms with Crippen LogP contribution in [-0.2, 0) is 0 Å². The molecule has 3 heterocycles. The zero-order valence-corrected chi connectivity index (χ0v) is 16.6. The van der Waals surface area contributed by atoms with Gasteiger partial charge in [-0.25, -0.2) is 14.2 Å². The molecule has 3 aromatic rings. The van der Waals surface area contributed by atoms with E-state index in [1.165, 1.54) is 22.9 Å². The Hall–Kier alpha value is -3.46. The molecule has 156 valence electrons. The Bertz CT molecular complexity index is 1220. The van der Waals surface area contributed by atoms with Gasteiger partial charge in [-0.3, -0.25) is 9.36 Å². The summed E-state index contributed by atoms with van der Waals surface area (Å²) in [5, 5.41) is 19.1. The first-order valence-corrected chi connectivity index (χ1v) is 9.49. The van der Waals surface area contributed by atoms with Crippen LogP contribution in [0.4, 0.5) is 10.2 Å².